The van der Waals surface area contributed by atoms with Crippen LogP contribution in [0.25, 0.3) is 33.5 Å². The number of nitrogens with zero attached hydrogens (tertiary/aromatic N) is 7. The SMILES string of the molecule is Cc1cnn(C)c1-c1cc(N2CCOCC2C)nc2c(-c3ccnn3C3CCCCO3)nccc12. The monoisotopic (exact) mass is 473 g/mol. The number of aryl methyl sites for hydroxylation is 2. The highest BCUT2D eigenvalue weighted by Gasteiger charge is 2.26. The van der Waals surface area contributed by atoms with Crippen molar-refractivity contribution in [3.8, 4) is 22.6 Å². The molecule has 9 nitrogen and oxygen atoms in total. The fourth-order valence-corrected chi connectivity index (χ4v) is 5.32. The van der Waals surface area contributed by atoms with Crippen LogP contribution < -0.4 is 4.90 Å². The molecule has 2 atom stereocenters. The molecule has 2 saturated heterocycles. The summed E-state index contributed by atoms with van der Waals surface area (Å²) in [6, 6.07) is 6.49. The molecule has 182 valence electrons. The van der Waals surface area contributed by atoms with Gasteiger partial charge in [-0.3, -0.25) is 9.67 Å². The number of aromatic nitrogens is 6. The number of hydrogen-bond acceptors (Lipinski definition) is 7. The van der Waals surface area contributed by atoms with Gasteiger partial charge in [-0.05, 0) is 56.9 Å². The predicted octanol–water partition coefficient (Wildman–Crippen LogP) is 4.13. The van der Waals surface area contributed by atoms with Gasteiger partial charge in [-0.1, -0.05) is 0 Å². The quantitative estimate of drug-likeness (QED) is 0.441. The zero-order valence-corrected chi connectivity index (χ0v) is 20.5. The molecule has 4 aromatic heterocycles. The maximum atomic E-state index is 6.06. The molecule has 0 radical (unpaired) electrons. The third-order valence-electron chi connectivity index (χ3n) is 7.09. The molecular weight excluding hydrogens is 442 g/mol. The van der Waals surface area contributed by atoms with E-state index in [1.807, 2.05) is 41.1 Å². The normalized spacial score (nSPS) is 21.1. The third-order valence-corrected chi connectivity index (χ3v) is 7.09. The molecule has 0 bridgehead atoms. The summed E-state index contributed by atoms with van der Waals surface area (Å²) in [7, 11) is 1.99. The van der Waals surface area contributed by atoms with E-state index in [1.54, 1.807) is 0 Å². The highest BCUT2D eigenvalue weighted by atomic mass is 16.5. The maximum Gasteiger partial charge on any atom is 0.150 e. The molecule has 9 heteroatoms. The molecule has 2 fully saturated rings. The maximum absolute atomic E-state index is 6.06. The van der Waals surface area contributed by atoms with Crippen molar-refractivity contribution in [1.29, 1.82) is 0 Å². The van der Waals surface area contributed by atoms with E-state index in [4.69, 9.17) is 19.4 Å². The minimum atomic E-state index is -0.0768. The standard InChI is InChI=1S/C26H31N7O2/c1-17-15-29-31(3)26(17)20-14-22(32-11-13-34-16-18(32)2)30-24-19(20)7-9-27-25(24)21-8-10-28-33(21)23-6-4-5-12-35-23/h7-10,14-15,18,23H,4-6,11-13,16H2,1-3H3. The van der Waals surface area contributed by atoms with Crippen molar-refractivity contribution in [2.24, 2.45) is 7.05 Å². The Morgan fingerprint density at radius 1 is 1.09 bits per heavy atom. The number of hydrogen-bond donors (Lipinski definition) is 0. The fourth-order valence-electron chi connectivity index (χ4n) is 5.32. The lowest BCUT2D eigenvalue weighted by Gasteiger charge is -2.34. The molecule has 0 spiro atoms. The van der Waals surface area contributed by atoms with Crippen LogP contribution in [-0.2, 0) is 16.5 Å². The highest BCUT2D eigenvalue weighted by Crippen LogP contribution is 2.38. The van der Waals surface area contributed by atoms with E-state index in [-0.39, 0.29) is 12.3 Å². The minimum Gasteiger partial charge on any atom is -0.377 e. The van der Waals surface area contributed by atoms with Gasteiger partial charge in [0.05, 0.1) is 36.8 Å². The zero-order valence-electron chi connectivity index (χ0n) is 20.5. The van der Waals surface area contributed by atoms with Crippen LogP contribution in [-0.4, -0.2) is 61.9 Å². The fraction of sp³-hybridized carbons (Fsp3) is 0.462. The Balaban J connectivity index is 1.58. The Kier molecular flexibility index (Phi) is 5.74. The summed E-state index contributed by atoms with van der Waals surface area (Å²) in [6.07, 6.45) is 8.70. The Labute approximate surface area is 204 Å². The number of morpholine rings is 1. The highest BCUT2D eigenvalue weighted by molar-refractivity contribution is 6.01. The number of rotatable bonds is 4. The summed E-state index contributed by atoms with van der Waals surface area (Å²) in [5.74, 6) is 0.929. The molecule has 0 N–H and O–H groups in total. The predicted molar refractivity (Wildman–Crippen MR) is 134 cm³/mol. The van der Waals surface area contributed by atoms with Gasteiger partial charge in [-0.25, -0.2) is 9.67 Å². The van der Waals surface area contributed by atoms with Crippen LogP contribution in [0, 0.1) is 6.92 Å². The van der Waals surface area contributed by atoms with Gasteiger partial charge in [-0.15, -0.1) is 0 Å². The molecule has 2 aliphatic rings. The Hall–Kier alpha value is -3.30. The van der Waals surface area contributed by atoms with Crippen LogP contribution in [0.1, 0.15) is 38.0 Å². The van der Waals surface area contributed by atoms with E-state index in [1.165, 1.54) is 0 Å². The Morgan fingerprint density at radius 3 is 2.77 bits per heavy atom. The number of pyridine rings is 2. The van der Waals surface area contributed by atoms with E-state index >= 15 is 0 Å². The van der Waals surface area contributed by atoms with Crippen molar-refractivity contribution < 1.29 is 9.47 Å². The summed E-state index contributed by atoms with van der Waals surface area (Å²) >= 11 is 0. The first-order valence-corrected chi connectivity index (χ1v) is 12.4. The van der Waals surface area contributed by atoms with E-state index < -0.39 is 0 Å². The van der Waals surface area contributed by atoms with Crippen molar-refractivity contribution in [1.82, 2.24) is 29.5 Å². The van der Waals surface area contributed by atoms with E-state index in [9.17, 15) is 0 Å². The number of ether oxygens (including phenoxy) is 2. The molecule has 4 aromatic rings. The van der Waals surface area contributed by atoms with Crippen molar-refractivity contribution >= 4 is 16.7 Å². The average molecular weight is 474 g/mol. The lowest BCUT2D eigenvalue weighted by atomic mass is 10.0. The lowest BCUT2D eigenvalue weighted by Crippen LogP contribution is -2.44. The van der Waals surface area contributed by atoms with Crippen LogP contribution in [0.15, 0.2) is 36.8 Å². The first-order valence-electron chi connectivity index (χ1n) is 12.4. The lowest BCUT2D eigenvalue weighted by molar-refractivity contribution is -0.0383. The van der Waals surface area contributed by atoms with Gasteiger partial charge in [-0.2, -0.15) is 10.2 Å². The summed E-state index contributed by atoms with van der Waals surface area (Å²) < 4.78 is 15.7. The summed E-state index contributed by atoms with van der Waals surface area (Å²) in [6.45, 7) is 7.21. The van der Waals surface area contributed by atoms with Crippen molar-refractivity contribution in [3.05, 3.63) is 42.4 Å². The van der Waals surface area contributed by atoms with Crippen molar-refractivity contribution in [3.63, 3.8) is 0 Å². The van der Waals surface area contributed by atoms with Crippen LogP contribution in [0.2, 0.25) is 0 Å². The summed E-state index contributed by atoms with van der Waals surface area (Å²) in [5, 5.41) is 10.2. The Bertz CT molecular complexity index is 1340. The molecular formula is C26H31N7O2. The van der Waals surface area contributed by atoms with E-state index in [0.29, 0.717) is 13.2 Å². The Morgan fingerprint density at radius 2 is 2.00 bits per heavy atom. The molecule has 6 heterocycles. The van der Waals surface area contributed by atoms with Crippen LogP contribution in [0.3, 0.4) is 0 Å². The molecule has 2 aliphatic heterocycles. The van der Waals surface area contributed by atoms with Gasteiger partial charge in [0.15, 0.2) is 6.23 Å². The molecule has 0 saturated carbocycles. The molecule has 0 amide bonds. The molecule has 0 aliphatic carbocycles. The first kappa shape index (κ1) is 22.2. The van der Waals surface area contributed by atoms with Crippen LogP contribution >= 0.6 is 0 Å². The number of anilines is 1. The molecule has 6 rings (SSSR count). The van der Waals surface area contributed by atoms with Crippen LogP contribution in [0.5, 0.6) is 0 Å². The topological polar surface area (TPSA) is 83.1 Å². The van der Waals surface area contributed by atoms with Gasteiger partial charge >= 0.3 is 0 Å². The minimum absolute atomic E-state index is 0.0768. The van der Waals surface area contributed by atoms with Crippen LogP contribution in [0.4, 0.5) is 5.82 Å². The van der Waals surface area contributed by atoms with Crippen molar-refractivity contribution in [2.45, 2.75) is 45.4 Å². The van der Waals surface area contributed by atoms with Crippen molar-refractivity contribution in [2.75, 3.05) is 31.3 Å². The second-order valence-corrected chi connectivity index (χ2v) is 9.48. The molecule has 0 aromatic carbocycles. The van der Waals surface area contributed by atoms with Gasteiger partial charge in [0.1, 0.15) is 17.0 Å². The van der Waals surface area contributed by atoms with Gasteiger partial charge < -0.3 is 14.4 Å². The second-order valence-electron chi connectivity index (χ2n) is 9.48. The summed E-state index contributed by atoms with van der Waals surface area (Å²) in [5.41, 5.74) is 5.91. The molecule has 35 heavy (non-hydrogen) atoms. The first-order chi connectivity index (χ1) is 17.1. The van der Waals surface area contributed by atoms with Gasteiger partial charge in [0.25, 0.3) is 0 Å². The average Bonchev–Trinajstić information content (AvgIpc) is 3.50. The van der Waals surface area contributed by atoms with Gasteiger partial charge in [0.2, 0.25) is 0 Å². The smallest absolute Gasteiger partial charge is 0.150 e. The van der Waals surface area contributed by atoms with E-state index in [0.717, 1.165) is 77.3 Å². The zero-order chi connectivity index (χ0) is 23.9. The summed E-state index contributed by atoms with van der Waals surface area (Å²) in [4.78, 5) is 12.4. The largest absolute Gasteiger partial charge is 0.377 e. The third kappa shape index (κ3) is 3.88. The molecule has 2 unspecified atom stereocenters. The van der Waals surface area contributed by atoms with Gasteiger partial charge in [0, 0.05) is 43.5 Å². The van der Waals surface area contributed by atoms with E-state index in [2.05, 4.69) is 41.1 Å². The number of fused-ring (bicyclic) bond motifs is 1. The second kappa shape index (κ2) is 9.05.